The van der Waals surface area contributed by atoms with Crippen molar-refractivity contribution in [1.29, 1.82) is 0 Å². The first kappa shape index (κ1) is 24.5. The van der Waals surface area contributed by atoms with E-state index in [0.717, 1.165) is 5.56 Å². The van der Waals surface area contributed by atoms with Crippen molar-refractivity contribution in [1.82, 2.24) is 4.98 Å². The Morgan fingerprint density at radius 2 is 1.80 bits per heavy atom. The van der Waals surface area contributed by atoms with Gasteiger partial charge in [0.15, 0.2) is 0 Å². The molecule has 0 bridgehead atoms. The topological polar surface area (TPSA) is 79.7 Å². The number of ether oxygens (including phenoxy) is 1. The van der Waals surface area contributed by atoms with Crippen LogP contribution in [0.4, 0.5) is 5.69 Å². The van der Waals surface area contributed by atoms with Crippen molar-refractivity contribution in [2.45, 2.75) is 39.2 Å². The zero-order valence-corrected chi connectivity index (χ0v) is 20.8. The number of rotatable bonds is 5. The number of benzene rings is 2. The van der Waals surface area contributed by atoms with Gasteiger partial charge in [0.2, 0.25) is 0 Å². The first-order chi connectivity index (χ1) is 16.6. The highest BCUT2D eigenvalue weighted by molar-refractivity contribution is 6.52. The SMILES string of the molecule is CCOc1ccc(Cl)c(/C(O)=C2\C(=O)C(=O)N(c3ccc(C(C)(C)C)cc3)C2c2ccccn2)c1. The number of carbonyl (C=O) groups is 2. The Bertz CT molecular complexity index is 1290. The van der Waals surface area contributed by atoms with Crippen molar-refractivity contribution in [3.05, 3.63) is 94.3 Å². The largest absolute Gasteiger partial charge is 0.507 e. The monoisotopic (exact) mass is 490 g/mol. The standard InChI is InChI=1S/C28H27ClN2O4/c1-5-35-19-13-14-21(29)20(16-19)25(32)23-24(22-8-6-7-15-30-22)31(27(34)26(23)33)18-11-9-17(10-12-18)28(2,3)4/h6-16,24,32H,5H2,1-4H3/b25-23+. The molecule has 0 radical (unpaired) electrons. The number of halogens is 1. The number of carbonyl (C=O) groups excluding carboxylic acids is 2. The van der Waals surface area contributed by atoms with Gasteiger partial charge in [-0.3, -0.25) is 19.5 Å². The Kier molecular flexibility index (Phi) is 6.68. The molecule has 2 heterocycles. The van der Waals surface area contributed by atoms with Gasteiger partial charge in [0.05, 0.1) is 22.9 Å². The fraction of sp³-hybridized carbons (Fsp3) is 0.250. The van der Waals surface area contributed by atoms with Crippen LogP contribution in [0.25, 0.3) is 5.76 Å². The highest BCUT2D eigenvalue weighted by Gasteiger charge is 2.47. The summed E-state index contributed by atoms with van der Waals surface area (Å²) in [7, 11) is 0. The van der Waals surface area contributed by atoms with Crippen LogP contribution >= 0.6 is 11.6 Å². The molecule has 1 aliphatic rings. The van der Waals surface area contributed by atoms with E-state index < -0.39 is 17.7 Å². The van der Waals surface area contributed by atoms with Gasteiger partial charge in [0.1, 0.15) is 17.6 Å². The van der Waals surface area contributed by atoms with Gasteiger partial charge in [-0.05, 0) is 60.4 Å². The third-order valence-corrected chi connectivity index (χ3v) is 6.26. The molecule has 1 aromatic heterocycles. The van der Waals surface area contributed by atoms with Crippen LogP contribution < -0.4 is 9.64 Å². The summed E-state index contributed by atoms with van der Waals surface area (Å²) < 4.78 is 5.54. The van der Waals surface area contributed by atoms with Gasteiger partial charge in [-0.25, -0.2) is 0 Å². The second-order valence-electron chi connectivity index (χ2n) is 9.30. The van der Waals surface area contributed by atoms with Gasteiger partial charge in [-0.1, -0.05) is 50.6 Å². The summed E-state index contributed by atoms with van der Waals surface area (Å²) in [5.41, 5.74) is 2.12. The van der Waals surface area contributed by atoms with Gasteiger partial charge in [-0.15, -0.1) is 0 Å². The number of aromatic nitrogens is 1. The summed E-state index contributed by atoms with van der Waals surface area (Å²) in [6.45, 7) is 8.56. The molecule has 1 aliphatic heterocycles. The first-order valence-electron chi connectivity index (χ1n) is 11.4. The summed E-state index contributed by atoms with van der Waals surface area (Å²) in [4.78, 5) is 32.4. The van der Waals surface area contributed by atoms with Crippen LogP contribution in [-0.4, -0.2) is 28.4 Å². The number of hydrogen-bond acceptors (Lipinski definition) is 5. The maximum Gasteiger partial charge on any atom is 0.300 e. The second kappa shape index (κ2) is 9.55. The van der Waals surface area contributed by atoms with Crippen molar-refractivity contribution >= 4 is 34.7 Å². The number of aliphatic hydroxyl groups is 1. The molecule has 1 amide bonds. The third kappa shape index (κ3) is 4.66. The maximum absolute atomic E-state index is 13.3. The van der Waals surface area contributed by atoms with Crippen LogP contribution in [0.3, 0.4) is 0 Å². The highest BCUT2D eigenvalue weighted by Crippen LogP contribution is 2.43. The number of aliphatic hydroxyl groups excluding tert-OH is 1. The molecule has 6 nitrogen and oxygen atoms in total. The third-order valence-electron chi connectivity index (χ3n) is 5.93. The molecule has 4 rings (SSSR count). The van der Waals surface area contributed by atoms with Crippen LogP contribution in [0.1, 0.15) is 50.6 Å². The molecular formula is C28H27ClN2O4. The van der Waals surface area contributed by atoms with Crippen LogP contribution in [0.2, 0.25) is 5.02 Å². The average Bonchev–Trinajstić information content (AvgIpc) is 3.10. The van der Waals surface area contributed by atoms with E-state index >= 15 is 0 Å². The predicted molar refractivity (Wildman–Crippen MR) is 137 cm³/mol. The van der Waals surface area contributed by atoms with E-state index in [-0.39, 0.29) is 27.3 Å². The smallest absolute Gasteiger partial charge is 0.300 e. The van der Waals surface area contributed by atoms with E-state index in [1.807, 2.05) is 31.2 Å². The highest BCUT2D eigenvalue weighted by atomic mass is 35.5. The van der Waals surface area contributed by atoms with Gasteiger partial charge in [0, 0.05) is 17.4 Å². The molecule has 3 aromatic rings. The minimum Gasteiger partial charge on any atom is -0.507 e. The van der Waals surface area contributed by atoms with Crippen LogP contribution in [0, 0.1) is 0 Å². The maximum atomic E-state index is 13.3. The quantitative estimate of drug-likeness (QED) is 0.267. The Morgan fingerprint density at radius 3 is 2.40 bits per heavy atom. The number of hydrogen-bond donors (Lipinski definition) is 1. The van der Waals surface area contributed by atoms with Crippen LogP contribution in [-0.2, 0) is 15.0 Å². The van der Waals surface area contributed by atoms with E-state index in [9.17, 15) is 14.7 Å². The lowest BCUT2D eigenvalue weighted by molar-refractivity contribution is -0.132. The molecule has 1 unspecified atom stereocenters. The van der Waals surface area contributed by atoms with Crippen molar-refractivity contribution in [2.24, 2.45) is 0 Å². The number of Topliss-reactive ketones (excluding diaryl/α,β-unsaturated/α-hetero) is 1. The summed E-state index contributed by atoms with van der Waals surface area (Å²) >= 11 is 6.39. The first-order valence-corrected chi connectivity index (χ1v) is 11.8. The van der Waals surface area contributed by atoms with Gasteiger partial charge >= 0.3 is 0 Å². The molecule has 1 atom stereocenters. The lowest BCUT2D eigenvalue weighted by Crippen LogP contribution is -2.30. The summed E-state index contributed by atoms with van der Waals surface area (Å²) in [5, 5.41) is 11.6. The zero-order chi connectivity index (χ0) is 25.3. The van der Waals surface area contributed by atoms with Crippen molar-refractivity contribution < 1.29 is 19.4 Å². The molecule has 1 N–H and O–H groups in total. The number of pyridine rings is 1. The lowest BCUT2D eigenvalue weighted by atomic mass is 9.87. The number of anilines is 1. The summed E-state index contributed by atoms with van der Waals surface area (Å²) in [6.07, 6.45) is 1.58. The summed E-state index contributed by atoms with van der Waals surface area (Å²) in [6, 6.07) is 16.6. The molecule has 0 spiro atoms. The molecular weight excluding hydrogens is 464 g/mol. The minimum atomic E-state index is -0.927. The molecule has 7 heteroatoms. The molecule has 35 heavy (non-hydrogen) atoms. The van der Waals surface area contributed by atoms with Crippen LogP contribution in [0.5, 0.6) is 5.75 Å². The minimum absolute atomic E-state index is 0.0740. The van der Waals surface area contributed by atoms with Crippen molar-refractivity contribution in [2.75, 3.05) is 11.5 Å². The molecule has 0 aliphatic carbocycles. The number of nitrogens with zero attached hydrogens (tertiary/aromatic N) is 2. The molecule has 2 aromatic carbocycles. The predicted octanol–water partition coefficient (Wildman–Crippen LogP) is 6.06. The van der Waals surface area contributed by atoms with Gasteiger partial charge in [-0.2, -0.15) is 0 Å². The van der Waals surface area contributed by atoms with E-state index in [1.165, 1.54) is 4.90 Å². The Balaban J connectivity index is 1.90. The molecule has 1 saturated heterocycles. The Morgan fingerprint density at radius 1 is 1.09 bits per heavy atom. The molecule has 180 valence electrons. The van der Waals surface area contributed by atoms with E-state index in [2.05, 4.69) is 25.8 Å². The lowest BCUT2D eigenvalue weighted by Gasteiger charge is -2.26. The van der Waals surface area contributed by atoms with E-state index in [4.69, 9.17) is 16.3 Å². The van der Waals surface area contributed by atoms with E-state index in [1.54, 1.807) is 42.6 Å². The molecule has 1 fully saturated rings. The molecule has 0 saturated carbocycles. The fourth-order valence-corrected chi connectivity index (χ4v) is 4.33. The van der Waals surface area contributed by atoms with Crippen molar-refractivity contribution in [3.8, 4) is 5.75 Å². The second-order valence-corrected chi connectivity index (χ2v) is 9.70. The van der Waals surface area contributed by atoms with Crippen molar-refractivity contribution in [3.63, 3.8) is 0 Å². The normalized spacial score (nSPS) is 17.6. The Labute approximate surface area is 209 Å². The fourth-order valence-electron chi connectivity index (χ4n) is 4.13. The number of ketones is 1. The van der Waals surface area contributed by atoms with Crippen LogP contribution in [0.15, 0.2) is 72.4 Å². The summed E-state index contributed by atoms with van der Waals surface area (Å²) in [5.74, 6) is -1.45. The van der Waals surface area contributed by atoms with E-state index in [0.29, 0.717) is 23.7 Å². The van der Waals surface area contributed by atoms with Gasteiger partial charge in [0.25, 0.3) is 11.7 Å². The zero-order valence-electron chi connectivity index (χ0n) is 20.1. The van der Waals surface area contributed by atoms with Gasteiger partial charge < -0.3 is 9.84 Å². The number of amides is 1. The Hall–Kier alpha value is -3.64. The average molecular weight is 491 g/mol.